The van der Waals surface area contributed by atoms with Gasteiger partial charge in [0.15, 0.2) is 5.13 Å². The largest absolute Gasteiger partial charge is 0.280 e. The Bertz CT molecular complexity index is 1370. The average Bonchev–Trinajstić information content (AvgIpc) is 3.23. The van der Waals surface area contributed by atoms with Crippen LogP contribution in [-0.4, -0.2) is 20.9 Å². The van der Waals surface area contributed by atoms with Crippen LogP contribution in [0, 0.1) is 5.82 Å². The number of anilines is 1. The molecule has 0 aliphatic rings. The van der Waals surface area contributed by atoms with E-state index in [0.29, 0.717) is 20.9 Å². The Labute approximate surface area is 175 Å². The van der Waals surface area contributed by atoms with Crippen LogP contribution in [0.4, 0.5) is 9.52 Å². The molecule has 7 heteroatoms. The van der Waals surface area contributed by atoms with E-state index in [4.69, 9.17) is 0 Å². The number of carbonyl (C=O) groups is 1. The van der Waals surface area contributed by atoms with Gasteiger partial charge >= 0.3 is 0 Å². The number of aromatic nitrogens is 3. The van der Waals surface area contributed by atoms with Crippen LogP contribution in [0.25, 0.3) is 21.3 Å². The number of carbonyl (C=O) groups excluding carboxylic acids is 1. The van der Waals surface area contributed by atoms with Gasteiger partial charge in [-0.05, 0) is 29.8 Å². The number of hydrogen-bond acceptors (Lipinski definition) is 5. The summed E-state index contributed by atoms with van der Waals surface area (Å²) in [4.78, 5) is 28.2. The van der Waals surface area contributed by atoms with Gasteiger partial charge < -0.3 is 0 Å². The fraction of sp³-hybridized carbons (Fsp3) is 0.0435. The molecule has 0 bridgehead atoms. The molecule has 0 aliphatic heterocycles. The first-order valence-electron chi connectivity index (χ1n) is 9.32. The third kappa shape index (κ3) is 3.40. The lowest BCUT2D eigenvalue weighted by Crippen LogP contribution is -2.31. The molecule has 0 N–H and O–H groups in total. The van der Waals surface area contributed by atoms with Crippen molar-refractivity contribution in [1.29, 1.82) is 0 Å². The highest BCUT2D eigenvalue weighted by Crippen LogP contribution is 2.32. The molecule has 0 spiro atoms. The first kappa shape index (κ1) is 18.3. The number of thiazole rings is 1. The molecular formula is C23H15FN4OS. The van der Waals surface area contributed by atoms with Crippen LogP contribution in [0.5, 0.6) is 0 Å². The standard InChI is InChI=1S/C23H15FN4OS/c24-16-9-6-12-20-21(16)27-23(30-20)28(14-15-7-2-1-3-8-15)22(29)19-13-25-17-10-4-5-11-18(17)26-19/h1-13H,14H2. The SMILES string of the molecule is O=C(c1cnc2ccccc2n1)N(Cc1ccccc1)c1nc2c(F)cccc2s1. The molecular weight excluding hydrogens is 399 g/mol. The maximum Gasteiger partial charge on any atom is 0.280 e. The lowest BCUT2D eigenvalue weighted by Gasteiger charge is -2.19. The average molecular weight is 414 g/mol. The zero-order valence-electron chi connectivity index (χ0n) is 15.7. The third-order valence-electron chi connectivity index (χ3n) is 4.69. The van der Waals surface area contributed by atoms with E-state index in [9.17, 15) is 9.18 Å². The number of fused-ring (bicyclic) bond motifs is 2. The topological polar surface area (TPSA) is 59.0 Å². The van der Waals surface area contributed by atoms with Crippen LogP contribution < -0.4 is 4.90 Å². The van der Waals surface area contributed by atoms with E-state index in [1.54, 1.807) is 12.1 Å². The van der Waals surface area contributed by atoms with Gasteiger partial charge in [0.05, 0.1) is 28.5 Å². The number of rotatable bonds is 4. The highest BCUT2D eigenvalue weighted by Gasteiger charge is 2.24. The maximum absolute atomic E-state index is 14.2. The number of amides is 1. The molecule has 3 aromatic carbocycles. The van der Waals surface area contributed by atoms with E-state index in [-0.39, 0.29) is 23.7 Å². The molecule has 2 heterocycles. The predicted octanol–water partition coefficient (Wildman–Crippen LogP) is 5.23. The van der Waals surface area contributed by atoms with Gasteiger partial charge in [0.2, 0.25) is 0 Å². The molecule has 5 aromatic rings. The molecule has 0 saturated carbocycles. The number of para-hydroxylation sites is 3. The van der Waals surface area contributed by atoms with Crippen LogP contribution >= 0.6 is 11.3 Å². The van der Waals surface area contributed by atoms with E-state index in [2.05, 4.69) is 15.0 Å². The molecule has 0 unspecified atom stereocenters. The Balaban J connectivity index is 1.60. The summed E-state index contributed by atoms with van der Waals surface area (Å²) in [7, 11) is 0. The minimum Gasteiger partial charge on any atom is -0.278 e. The number of halogens is 1. The highest BCUT2D eigenvalue weighted by atomic mass is 32.1. The molecule has 0 radical (unpaired) electrons. The number of nitrogens with zero attached hydrogens (tertiary/aromatic N) is 4. The fourth-order valence-electron chi connectivity index (χ4n) is 3.21. The Morgan fingerprint density at radius 1 is 0.900 bits per heavy atom. The van der Waals surface area contributed by atoms with E-state index >= 15 is 0 Å². The molecule has 5 nitrogen and oxygen atoms in total. The second-order valence-corrected chi connectivity index (χ2v) is 7.71. The Kier molecular flexibility index (Phi) is 4.65. The smallest absolute Gasteiger partial charge is 0.278 e. The number of hydrogen-bond donors (Lipinski definition) is 0. The predicted molar refractivity (Wildman–Crippen MR) is 116 cm³/mol. The van der Waals surface area contributed by atoms with Gasteiger partial charge in [-0.15, -0.1) is 0 Å². The van der Waals surface area contributed by atoms with Gasteiger partial charge in [-0.25, -0.2) is 14.4 Å². The minimum absolute atomic E-state index is 0.212. The van der Waals surface area contributed by atoms with Gasteiger partial charge in [0.1, 0.15) is 17.0 Å². The first-order chi connectivity index (χ1) is 14.7. The van der Waals surface area contributed by atoms with Crippen molar-refractivity contribution in [3.05, 3.63) is 96.1 Å². The van der Waals surface area contributed by atoms with Crippen LogP contribution in [0.3, 0.4) is 0 Å². The van der Waals surface area contributed by atoms with Gasteiger partial charge in [-0.3, -0.25) is 14.7 Å². The van der Waals surface area contributed by atoms with Crippen molar-refractivity contribution in [3.63, 3.8) is 0 Å². The van der Waals surface area contributed by atoms with Gasteiger partial charge in [-0.1, -0.05) is 59.9 Å². The second kappa shape index (κ2) is 7.61. The summed E-state index contributed by atoms with van der Waals surface area (Å²) in [5.74, 6) is -0.746. The van der Waals surface area contributed by atoms with Gasteiger partial charge in [0.25, 0.3) is 5.91 Å². The Morgan fingerprint density at radius 3 is 2.47 bits per heavy atom. The van der Waals surface area contributed by atoms with Crippen molar-refractivity contribution in [1.82, 2.24) is 15.0 Å². The maximum atomic E-state index is 14.2. The summed E-state index contributed by atoms with van der Waals surface area (Å²) >= 11 is 1.27. The van der Waals surface area contributed by atoms with Crippen molar-refractivity contribution in [2.45, 2.75) is 6.54 Å². The van der Waals surface area contributed by atoms with Crippen molar-refractivity contribution in [2.24, 2.45) is 0 Å². The van der Waals surface area contributed by atoms with Crippen molar-refractivity contribution in [2.75, 3.05) is 4.90 Å². The minimum atomic E-state index is -0.410. The van der Waals surface area contributed by atoms with Crippen LogP contribution in [-0.2, 0) is 6.54 Å². The third-order valence-corrected chi connectivity index (χ3v) is 5.73. The zero-order chi connectivity index (χ0) is 20.5. The van der Waals surface area contributed by atoms with Crippen molar-refractivity contribution >= 4 is 43.6 Å². The molecule has 1 amide bonds. The summed E-state index contributed by atoms with van der Waals surface area (Å²) in [6, 6.07) is 21.8. The molecule has 2 aromatic heterocycles. The molecule has 0 fully saturated rings. The van der Waals surface area contributed by atoms with Crippen molar-refractivity contribution < 1.29 is 9.18 Å². The van der Waals surface area contributed by atoms with E-state index in [1.807, 2.05) is 54.6 Å². The molecule has 30 heavy (non-hydrogen) atoms. The number of benzene rings is 3. The van der Waals surface area contributed by atoms with Gasteiger partial charge in [0, 0.05) is 0 Å². The summed E-state index contributed by atoms with van der Waals surface area (Å²) < 4.78 is 14.9. The lowest BCUT2D eigenvalue weighted by molar-refractivity contribution is 0.0980. The summed E-state index contributed by atoms with van der Waals surface area (Å²) in [6.45, 7) is 0.287. The lowest BCUT2D eigenvalue weighted by atomic mass is 10.2. The fourth-order valence-corrected chi connectivity index (χ4v) is 4.19. The first-order valence-corrected chi connectivity index (χ1v) is 10.1. The summed E-state index contributed by atoms with van der Waals surface area (Å²) in [5.41, 5.74) is 2.75. The Morgan fingerprint density at radius 2 is 1.67 bits per heavy atom. The van der Waals surface area contributed by atoms with E-state index in [1.165, 1.54) is 28.5 Å². The molecule has 0 aliphatic carbocycles. The van der Waals surface area contributed by atoms with Crippen LogP contribution in [0.2, 0.25) is 0 Å². The molecule has 5 rings (SSSR count). The highest BCUT2D eigenvalue weighted by molar-refractivity contribution is 7.22. The monoisotopic (exact) mass is 414 g/mol. The quantitative estimate of drug-likeness (QED) is 0.404. The molecule has 0 saturated heterocycles. The summed E-state index contributed by atoms with van der Waals surface area (Å²) in [6.07, 6.45) is 1.47. The van der Waals surface area contributed by atoms with Crippen LogP contribution in [0.1, 0.15) is 16.1 Å². The van der Waals surface area contributed by atoms with Crippen molar-refractivity contribution in [3.8, 4) is 0 Å². The van der Waals surface area contributed by atoms with E-state index < -0.39 is 5.82 Å². The molecule has 0 atom stereocenters. The second-order valence-electron chi connectivity index (χ2n) is 6.70. The van der Waals surface area contributed by atoms with Crippen LogP contribution in [0.15, 0.2) is 79.0 Å². The zero-order valence-corrected chi connectivity index (χ0v) is 16.5. The van der Waals surface area contributed by atoms with Gasteiger partial charge in [-0.2, -0.15) is 0 Å². The normalized spacial score (nSPS) is 11.1. The Hall–Kier alpha value is -3.71. The summed E-state index contributed by atoms with van der Waals surface area (Å²) in [5, 5.41) is 0.416. The van der Waals surface area contributed by atoms with E-state index in [0.717, 1.165) is 5.56 Å². The molecule has 146 valence electrons.